The monoisotopic (exact) mass is 290 g/mol. The fourth-order valence-electron chi connectivity index (χ4n) is 1.31. The molecule has 5 heteroatoms. The Morgan fingerprint density at radius 2 is 2.12 bits per heavy atom. The highest BCUT2D eigenvalue weighted by molar-refractivity contribution is 9.10. The van der Waals surface area contributed by atoms with Crippen molar-refractivity contribution in [2.45, 2.75) is 26.0 Å². The van der Waals surface area contributed by atoms with E-state index in [-0.39, 0.29) is 18.0 Å². The van der Waals surface area contributed by atoms with Crippen LogP contribution in [0.2, 0.25) is 0 Å². The van der Waals surface area contributed by atoms with Crippen LogP contribution in [0.5, 0.6) is 0 Å². The molecule has 1 aromatic carbocycles. The van der Waals surface area contributed by atoms with Gasteiger partial charge in [-0.3, -0.25) is 11.3 Å². The maximum atomic E-state index is 13.2. The molecule has 1 rings (SSSR count). The molecule has 0 aliphatic rings. The minimum absolute atomic E-state index is 0.118. The van der Waals surface area contributed by atoms with E-state index < -0.39 is 0 Å². The molecule has 0 bridgehead atoms. The minimum atomic E-state index is -0.297. The second kappa shape index (κ2) is 6.30. The fourth-order valence-corrected chi connectivity index (χ4v) is 1.79. The van der Waals surface area contributed by atoms with Crippen molar-refractivity contribution in [1.82, 2.24) is 5.43 Å². The third-order valence-electron chi connectivity index (χ3n) is 2.08. The summed E-state index contributed by atoms with van der Waals surface area (Å²) in [5, 5.41) is 0. The van der Waals surface area contributed by atoms with Gasteiger partial charge in [0.15, 0.2) is 0 Å². The first-order valence-electron chi connectivity index (χ1n) is 5.06. The Morgan fingerprint density at radius 1 is 1.44 bits per heavy atom. The van der Waals surface area contributed by atoms with E-state index >= 15 is 0 Å². The second-order valence-electron chi connectivity index (χ2n) is 3.80. The highest BCUT2D eigenvalue weighted by atomic mass is 79.9. The molecule has 3 N–H and O–H groups in total. The smallest absolute Gasteiger partial charge is 0.124 e. The van der Waals surface area contributed by atoms with Gasteiger partial charge in [-0.05, 0) is 37.6 Å². The summed E-state index contributed by atoms with van der Waals surface area (Å²) >= 11 is 3.24. The average Bonchev–Trinajstić information content (AvgIpc) is 2.16. The third-order valence-corrected chi connectivity index (χ3v) is 2.54. The van der Waals surface area contributed by atoms with Gasteiger partial charge < -0.3 is 4.74 Å². The number of hydrogen-bond donors (Lipinski definition) is 2. The zero-order chi connectivity index (χ0) is 12.1. The number of rotatable bonds is 5. The van der Waals surface area contributed by atoms with Gasteiger partial charge in [0.25, 0.3) is 0 Å². The van der Waals surface area contributed by atoms with Crippen LogP contribution in [0.15, 0.2) is 22.7 Å². The fraction of sp³-hybridized carbons (Fsp3) is 0.455. The highest BCUT2D eigenvalue weighted by Gasteiger charge is 2.12. The molecule has 16 heavy (non-hydrogen) atoms. The Bertz CT molecular complexity index is 327. The van der Waals surface area contributed by atoms with Gasteiger partial charge in [0.1, 0.15) is 5.82 Å². The van der Waals surface area contributed by atoms with Crippen molar-refractivity contribution in [3.8, 4) is 0 Å². The Morgan fingerprint density at radius 3 is 2.62 bits per heavy atom. The maximum Gasteiger partial charge on any atom is 0.124 e. The third kappa shape index (κ3) is 4.17. The quantitative estimate of drug-likeness (QED) is 0.647. The lowest BCUT2D eigenvalue weighted by atomic mass is 10.1. The van der Waals surface area contributed by atoms with Gasteiger partial charge in [0.05, 0.1) is 18.8 Å². The molecule has 0 radical (unpaired) electrons. The van der Waals surface area contributed by atoms with Crippen LogP contribution in [-0.2, 0) is 4.74 Å². The summed E-state index contributed by atoms with van der Waals surface area (Å²) in [5.74, 6) is 5.13. The summed E-state index contributed by atoms with van der Waals surface area (Å²) in [7, 11) is 0. The molecule has 0 saturated heterocycles. The van der Waals surface area contributed by atoms with Crippen molar-refractivity contribution in [3.63, 3.8) is 0 Å². The van der Waals surface area contributed by atoms with Gasteiger partial charge in [0, 0.05) is 4.47 Å². The van der Waals surface area contributed by atoms with Gasteiger partial charge in [-0.25, -0.2) is 4.39 Å². The topological polar surface area (TPSA) is 47.3 Å². The predicted molar refractivity (Wildman–Crippen MR) is 65.3 cm³/mol. The SMILES string of the molecule is CC(C)OCC(NN)c1cc(F)cc(Br)c1. The van der Waals surface area contributed by atoms with Crippen LogP contribution in [0.1, 0.15) is 25.5 Å². The zero-order valence-corrected chi connectivity index (χ0v) is 10.9. The summed E-state index contributed by atoms with van der Waals surface area (Å²) in [6, 6.07) is 4.45. The molecular formula is C11H16BrFN2O. The summed E-state index contributed by atoms with van der Waals surface area (Å²) < 4.78 is 19.3. The summed E-state index contributed by atoms with van der Waals surface area (Å²) in [6.45, 7) is 4.29. The van der Waals surface area contributed by atoms with Gasteiger partial charge in [-0.15, -0.1) is 0 Å². The number of nitrogens with two attached hydrogens (primary N) is 1. The van der Waals surface area contributed by atoms with Crippen molar-refractivity contribution in [1.29, 1.82) is 0 Å². The summed E-state index contributed by atoms with van der Waals surface area (Å²) in [4.78, 5) is 0. The molecule has 3 nitrogen and oxygen atoms in total. The van der Waals surface area contributed by atoms with Gasteiger partial charge in [-0.2, -0.15) is 0 Å². The first-order valence-corrected chi connectivity index (χ1v) is 5.86. The standard InChI is InChI=1S/C11H16BrFN2O/c1-7(2)16-6-11(15-14)8-3-9(12)5-10(13)4-8/h3-5,7,11,15H,6,14H2,1-2H3. The van der Waals surface area contributed by atoms with E-state index in [9.17, 15) is 4.39 Å². The molecule has 0 spiro atoms. The molecule has 0 amide bonds. The highest BCUT2D eigenvalue weighted by Crippen LogP contribution is 2.20. The second-order valence-corrected chi connectivity index (χ2v) is 4.72. The van der Waals surface area contributed by atoms with Crippen LogP contribution < -0.4 is 11.3 Å². The van der Waals surface area contributed by atoms with E-state index in [0.29, 0.717) is 11.1 Å². The van der Waals surface area contributed by atoms with E-state index in [4.69, 9.17) is 10.6 Å². The molecule has 1 unspecified atom stereocenters. The van der Waals surface area contributed by atoms with E-state index in [1.54, 1.807) is 0 Å². The number of hydrogen-bond acceptors (Lipinski definition) is 3. The number of nitrogens with one attached hydrogen (secondary N) is 1. The molecule has 0 aliphatic heterocycles. The number of benzene rings is 1. The summed E-state index contributed by atoms with van der Waals surface area (Å²) in [5.41, 5.74) is 3.37. The van der Waals surface area contributed by atoms with Crippen LogP contribution >= 0.6 is 15.9 Å². The molecule has 0 heterocycles. The van der Waals surface area contributed by atoms with Crippen LogP contribution in [-0.4, -0.2) is 12.7 Å². The van der Waals surface area contributed by atoms with E-state index in [2.05, 4.69) is 21.4 Å². The van der Waals surface area contributed by atoms with E-state index in [0.717, 1.165) is 5.56 Å². The first kappa shape index (κ1) is 13.6. The molecule has 0 aliphatic carbocycles. The van der Waals surface area contributed by atoms with Gasteiger partial charge in [-0.1, -0.05) is 15.9 Å². The van der Waals surface area contributed by atoms with E-state index in [1.807, 2.05) is 19.9 Å². The van der Waals surface area contributed by atoms with Crippen molar-refractivity contribution in [3.05, 3.63) is 34.1 Å². The molecule has 0 fully saturated rings. The van der Waals surface area contributed by atoms with Crippen molar-refractivity contribution in [2.75, 3.05) is 6.61 Å². The lowest BCUT2D eigenvalue weighted by molar-refractivity contribution is 0.0611. The van der Waals surface area contributed by atoms with Crippen molar-refractivity contribution in [2.24, 2.45) is 5.84 Å². The van der Waals surface area contributed by atoms with Gasteiger partial charge in [0.2, 0.25) is 0 Å². The Hall–Kier alpha value is -0.490. The van der Waals surface area contributed by atoms with Crippen LogP contribution in [0.4, 0.5) is 4.39 Å². The van der Waals surface area contributed by atoms with Crippen LogP contribution in [0.25, 0.3) is 0 Å². The maximum absolute atomic E-state index is 13.2. The lowest BCUT2D eigenvalue weighted by Crippen LogP contribution is -2.32. The number of halogens is 2. The molecule has 0 aromatic heterocycles. The normalized spacial score (nSPS) is 13.1. The van der Waals surface area contributed by atoms with Gasteiger partial charge >= 0.3 is 0 Å². The lowest BCUT2D eigenvalue weighted by Gasteiger charge is -2.18. The molecule has 0 saturated carbocycles. The molecule has 90 valence electrons. The zero-order valence-electron chi connectivity index (χ0n) is 9.34. The Labute approximate surface area is 103 Å². The van der Waals surface area contributed by atoms with Crippen molar-refractivity contribution >= 4 is 15.9 Å². The molecular weight excluding hydrogens is 275 g/mol. The van der Waals surface area contributed by atoms with E-state index in [1.165, 1.54) is 12.1 Å². The molecule has 1 aromatic rings. The largest absolute Gasteiger partial charge is 0.377 e. The Balaban J connectivity index is 2.78. The predicted octanol–water partition coefficient (Wildman–Crippen LogP) is 2.52. The van der Waals surface area contributed by atoms with Crippen molar-refractivity contribution < 1.29 is 9.13 Å². The van der Waals surface area contributed by atoms with Crippen LogP contribution in [0.3, 0.4) is 0 Å². The Kier molecular flexibility index (Phi) is 5.34. The summed E-state index contributed by atoms with van der Waals surface area (Å²) in [6.07, 6.45) is 0.118. The first-order chi connectivity index (χ1) is 7.52. The average molecular weight is 291 g/mol. The minimum Gasteiger partial charge on any atom is -0.377 e. The van der Waals surface area contributed by atoms with Crippen LogP contribution in [0, 0.1) is 5.82 Å². The number of ether oxygens (including phenoxy) is 1. The number of hydrazine groups is 1. The molecule has 1 atom stereocenters.